The Hall–Kier alpha value is -0.760. The lowest BCUT2D eigenvalue weighted by Crippen LogP contribution is -3.11. The van der Waals surface area contributed by atoms with Gasteiger partial charge in [-0.15, -0.1) is 0 Å². The predicted molar refractivity (Wildman–Crippen MR) is 58.0 cm³/mol. The molecule has 2 heteroatoms. The molecule has 0 bridgehead atoms. The van der Waals surface area contributed by atoms with Gasteiger partial charge in [0.2, 0.25) is 0 Å². The fraction of sp³-hybridized carbons (Fsp3) is 0.636. The Morgan fingerprint density at radius 3 is 1.38 bits per heavy atom. The lowest BCUT2D eigenvalue weighted by molar-refractivity contribution is -0.894. The quantitative estimate of drug-likeness (QED) is 0.715. The number of rotatable bonds is 3. The second kappa shape index (κ2) is 7.87. The van der Waals surface area contributed by atoms with Crippen LogP contribution in [-0.2, 0) is 7.05 Å². The second-order valence-corrected chi connectivity index (χ2v) is 3.16. The summed E-state index contributed by atoms with van der Waals surface area (Å²) in [6, 6.07) is 4.00. The SMILES string of the molecule is CC[NH+](CC)CC.Cn1cccc1. The molecule has 1 rings (SSSR count). The van der Waals surface area contributed by atoms with Crippen molar-refractivity contribution in [2.24, 2.45) is 7.05 Å². The molecule has 0 saturated carbocycles. The molecular weight excluding hydrogens is 160 g/mol. The molecule has 0 atom stereocenters. The molecule has 0 aliphatic heterocycles. The number of nitrogens with one attached hydrogen (secondary N) is 1. The number of aromatic nitrogens is 1. The molecule has 0 saturated heterocycles. The van der Waals surface area contributed by atoms with Crippen molar-refractivity contribution in [1.29, 1.82) is 0 Å². The minimum atomic E-state index is 1.27. The van der Waals surface area contributed by atoms with Gasteiger partial charge in [0.15, 0.2) is 0 Å². The first-order valence-corrected chi connectivity index (χ1v) is 5.15. The average Bonchev–Trinajstić information content (AvgIpc) is 2.60. The summed E-state index contributed by atoms with van der Waals surface area (Å²) in [7, 11) is 2.00. The van der Waals surface area contributed by atoms with Crippen LogP contribution in [0.25, 0.3) is 0 Å². The van der Waals surface area contributed by atoms with E-state index in [0.29, 0.717) is 0 Å². The minimum Gasteiger partial charge on any atom is -0.357 e. The van der Waals surface area contributed by atoms with Gasteiger partial charge in [-0.2, -0.15) is 0 Å². The number of nitrogens with zero attached hydrogens (tertiary/aromatic N) is 1. The van der Waals surface area contributed by atoms with Gasteiger partial charge in [0, 0.05) is 19.4 Å². The largest absolute Gasteiger partial charge is 0.357 e. The molecule has 0 fully saturated rings. The third-order valence-electron chi connectivity index (χ3n) is 2.25. The summed E-state index contributed by atoms with van der Waals surface area (Å²) in [6.45, 7) is 10.5. The molecule has 1 aromatic heterocycles. The van der Waals surface area contributed by atoms with E-state index in [-0.39, 0.29) is 0 Å². The zero-order valence-electron chi connectivity index (χ0n) is 9.38. The molecule has 0 spiro atoms. The van der Waals surface area contributed by atoms with E-state index in [1.54, 1.807) is 4.90 Å². The first kappa shape index (κ1) is 12.2. The lowest BCUT2D eigenvalue weighted by atomic mass is 10.5. The van der Waals surface area contributed by atoms with Gasteiger partial charge in [-0.1, -0.05) is 0 Å². The summed E-state index contributed by atoms with van der Waals surface area (Å²) in [4.78, 5) is 1.68. The third kappa shape index (κ3) is 6.41. The van der Waals surface area contributed by atoms with Crippen LogP contribution in [0.4, 0.5) is 0 Å². The molecule has 1 heterocycles. The van der Waals surface area contributed by atoms with Gasteiger partial charge in [0.1, 0.15) is 0 Å². The fourth-order valence-corrected chi connectivity index (χ4v) is 1.17. The number of hydrogen-bond acceptors (Lipinski definition) is 0. The molecule has 76 valence electrons. The first-order chi connectivity index (χ1) is 6.24. The van der Waals surface area contributed by atoms with Gasteiger partial charge < -0.3 is 9.47 Å². The maximum absolute atomic E-state index is 2.22. The van der Waals surface area contributed by atoms with Crippen molar-refractivity contribution in [3.8, 4) is 0 Å². The molecule has 0 aromatic carbocycles. The standard InChI is InChI=1S/C6H15N.C5H7N/c1-4-7(5-2)6-3;1-6-4-2-3-5-6/h4-6H2,1-3H3;2-5H,1H3/p+1. The molecule has 2 nitrogen and oxygen atoms in total. The van der Waals surface area contributed by atoms with Crippen LogP contribution in [0.2, 0.25) is 0 Å². The fourth-order valence-electron chi connectivity index (χ4n) is 1.17. The van der Waals surface area contributed by atoms with Gasteiger partial charge in [0.25, 0.3) is 0 Å². The van der Waals surface area contributed by atoms with E-state index < -0.39 is 0 Å². The Morgan fingerprint density at radius 2 is 1.31 bits per heavy atom. The van der Waals surface area contributed by atoms with Crippen molar-refractivity contribution >= 4 is 0 Å². The van der Waals surface area contributed by atoms with Crippen LogP contribution in [0.15, 0.2) is 24.5 Å². The van der Waals surface area contributed by atoms with Crippen LogP contribution in [0.1, 0.15) is 20.8 Å². The highest BCUT2D eigenvalue weighted by molar-refractivity contribution is 4.88. The van der Waals surface area contributed by atoms with Crippen molar-refractivity contribution in [1.82, 2.24) is 4.57 Å². The number of aryl methyl sites for hydroxylation is 1. The van der Waals surface area contributed by atoms with Gasteiger partial charge in [-0.05, 0) is 32.9 Å². The minimum absolute atomic E-state index is 1.27. The smallest absolute Gasteiger partial charge is 0.0742 e. The van der Waals surface area contributed by atoms with Crippen LogP contribution >= 0.6 is 0 Å². The van der Waals surface area contributed by atoms with Crippen molar-refractivity contribution in [3.63, 3.8) is 0 Å². The monoisotopic (exact) mass is 183 g/mol. The van der Waals surface area contributed by atoms with Crippen LogP contribution in [0.5, 0.6) is 0 Å². The van der Waals surface area contributed by atoms with Crippen LogP contribution in [0, 0.1) is 0 Å². The van der Waals surface area contributed by atoms with Crippen molar-refractivity contribution in [2.75, 3.05) is 19.6 Å². The highest BCUT2D eigenvalue weighted by Gasteiger charge is 1.92. The summed E-state index contributed by atoms with van der Waals surface area (Å²) in [5.41, 5.74) is 0. The molecule has 1 N–H and O–H groups in total. The van der Waals surface area contributed by atoms with E-state index in [2.05, 4.69) is 20.8 Å². The van der Waals surface area contributed by atoms with E-state index >= 15 is 0 Å². The zero-order valence-corrected chi connectivity index (χ0v) is 9.38. The summed E-state index contributed by atoms with van der Waals surface area (Å²) in [6.07, 6.45) is 4.00. The van der Waals surface area contributed by atoms with Gasteiger partial charge in [-0.3, -0.25) is 0 Å². The molecule has 13 heavy (non-hydrogen) atoms. The molecule has 0 aliphatic rings. The molecular formula is C11H23N2+. The van der Waals surface area contributed by atoms with E-state index in [4.69, 9.17) is 0 Å². The lowest BCUT2D eigenvalue weighted by Gasteiger charge is -2.10. The van der Waals surface area contributed by atoms with E-state index in [9.17, 15) is 0 Å². The summed E-state index contributed by atoms with van der Waals surface area (Å²) in [5, 5.41) is 0. The Morgan fingerprint density at radius 1 is 0.923 bits per heavy atom. The van der Waals surface area contributed by atoms with Crippen LogP contribution in [-0.4, -0.2) is 24.2 Å². The maximum Gasteiger partial charge on any atom is 0.0742 e. The summed E-state index contributed by atoms with van der Waals surface area (Å²) < 4.78 is 2.00. The van der Waals surface area contributed by atoms with Gasteiger partial charge in [0.05, 0.1) is 19.6 Å². The normalized spacial score (nSPS) is 9.62. The van der Waals surface area contributed by atoms with Crippen molar-refractivity contribution in [2.45, 2.75) is 20.8 Å². The third-order valence-corrected chi connectivity index (χ3v) is 2.25. The zero-order chi connectivity index (χ0) is 10.1. The Kier molecular flexibility index (Phi) is 7.41. The Bertz CT molecular complexity index is 170. The van der Waals surface area contributed by atoms with Crippen molar-refractivity contribution in [3.05, 3.63) is 24.5 Å². The summed E-state index contributed by atoms with van der Waals surface area (Å²) in [5.74, 6) is 0. The number of quaternary nitrogens is 1. The van der Waals surface area contributed by atoms with E-state index in [1.807, 2.05) is 36.1 Å². The Balaban J connectivity index is 0.000000223. The molecule has 0 unspecified atom stereocenters. The molecule has 0 amide bonds. The predicted octanol–water partition coefficient (Wildman–Crippen LogP) is 0.956. The topological polar surface area (TPSA) is 9.37 Å². The van der Waals surface area contributed by atoms with Crippen LogP contribution in [0.3, 0.4) is 0 Å². The Labute approximate surface area is 82.2 Å². The first-order valence-electron chi connectivity index (χ1n) is 5.15. The van der Waals surface area contributed by atoms with Crippen molar-refractivity contribution < 1.29 is 4.90 Å². The second-order valence-electron chi connectivity index (χ2n) is 3.16. The van der Waals surface area contributed by atoms with E-state index in [0.717, 1.165) is 0 Å². The maximum atomic E-state index is 2.22. The number of hydrogen-bond donors (Lipinski definition) is 1. The summed E-state index contributed by atoms with van der Waals surface area (Å²) >= 11 is 0. The average molecular weight is 183 g/mol. The van der Waals surface area contributed by atoms with Gasteiger partial charge in [-0.25, -0.2) is 0 Å². The van der Waals surface area contributed by atoms with E-state index in [1.165, 1.54) is 19.6 Å². The van der Waals surface area contributed by atoms with Gasteiger partial charge >= 0.3 is 0 Å². The van der Waals surface area contributed by atoms with Crippen LogP contribution < -0.4 is 4.90 Å². The highest BCUT2D eigenvalue weighted by atomic mass is 15.1. The molecule has 0 aliphatic carbocycles. The molecule has 1 aromatic rings. The highest BCUT2D eigenvalue weighted by Crippen LogP contribution is 1.80. The molecule has 0 radical (unpaired) electrons.